The van der Waals surface area contributed by atoms with Gasteiger partial charge in [-0.1, -0.05) is 11.6 Å². The van der Waals surface area contributed by atoms with E-state index in [-0.39, 0.29) is 31.0 Å². The molecule has 0 saturated heterocycles. The summed E-state index contributed by atoms with van der Waals surface area (Å²) in [5, 5.41) is 2.04. The second-order valence-electron chi connectivity index (χ2n) is 4.68. The highest BCUT2D eigenvalue weighted by molar-refractivity contribution is 6.31. The van der Waals surface area contributed by atoms with Gasteiger partial charge in [-0.05, 0) is 30.9 Å². The first-order valence-corrected chi connectivity index (χ1v) is 6.11. The van der Waals surface area contributed by atoms with Gasteiger partial charge in [0, 0.05) is 6.54 Å². The van der Waals surface area contributed by atoms with Crippen LogP contribution in [0.1, 0.15) is 12.8 Å². The molecular weight excluding hydrogens is 289 g/mol. The van der Waals surface area contributed by atoms with Gasteiger partial charge in [-0.15, -0.1) is 0 Å². The summed E-state index contributed by atoms with van der Waals surface area (Å²) in [5.74, 6) is -3.21. The van der Waals surface area contributed by atoms with Crippen LogP contribution in [0.3, 0.4) is 0 Å². The highest BCUT2D eigenvalue weighted by atomic mass is 35.5. The minimum atomic E-state index is -4.15. The molecule has 1 nitrogen and oxygen atoms in total. The van der Waals surface area contributed by atoms with E-state index >= 15 is 0 Å². The van der Waals surface area contributed by atoms with Crippen LogP contribution < -0.4 is 5.32 Å². The van der Waals surface area contributed by atoms with Crippen molar-refractivity contribution in [3.8, 4) is 0 Å². The van der Waals surface area contributed by atoms with Crippen molar-refractivity contribution in [1.29, 1.82) is 0 Å². The second kappa shape index (κ2) is 5.15. The maximum absolute atomic E-state index is 13.5. The summed E-state index contributed by atoms with van der Waals surface area (Å²) in [7, 11) is 0. The molecule has 2 rings (SSSR count). The molecule has 0 atom stereocenters. The van der Waals surface area contributed by atoms with Crippen LogP contribution >= 0.6 is 11.6 Å². The lowest BCUT2D eigenvalue weighted by molar-refractivity contribution is -0.203. The van der Waals surface area contributed by atoms with Gasteiger partial charge in [-0.3, -0.25) is 0 Å². The summed E-state index contributed by atoms with van der Waals surface area (Å²) in [5.41, 5.74) is 0.00172. The predicted octanol–water partition coefficient (Wildman–Crippen LogP) is 4.62. The van der Waals surface area contributed by atoms with Gasteiger partial charge in [0.15, 0.2) is 5.82 Å². The fourth-order valence-corrected chi connectivity index (χ4v) is 2.25. The van der Waals surface area contributed by atoms with E-state index in [9.17, 15) is 22.0 Å². The van der Waals surface area contributed by atoms with E-state index in [0.717, 1.165) is 6.07 Å². The summed E-state index contributed by atoms with van der Waals surface area (Å²) in [6, 6.07) is 2.18. The first-order valence-electron chi connectivity index (χ1n) is 5.73. The van der Waals surface area contributed by atoms with Crippen molar-refractivity contribution in [3.05, 3.63) is 28.8 Å². The van der Waals surface area contributed by atoms with E-state index in [1.807, 2.05) is 0 Å². The molecule has 1 aromatic rings. The summed E-state index contributed by atoms with van der Waals surface area (Å²) in [6.45, 7) is 0.214. The van der Waals surface area contributed by atoms with Crippen molar-refractivity contribution in [2.45, 2.75) is 19.0 Å². The van der Waals surface area contributed by atoms with Crippen LogP contribution in [0.4, 0.5) is 27.6 Å². The molecule has 0 aliphatic heterocycles. The first kappa shape index (κ1) is 14.4. The molecule has 1 saturated carbocycles. The number of hydrogen-bond donors (Lipinski definition) is 1. The third-order valence-corrected chi connectivity index (χ3v) is 3.66. The van der Waals surface area contributed by atoms with E-state index in [4.69, 9.17) is 11.6 Å². The maximum Gasteiger partial charge on any atom is 0.391 e. The fraction of sp³-hybridized carbons (Fsp3) is 0.500. The number of rotatable bonds is 3. The molecule has 1 aliphatic carbocycles. The summed E-state index contributed by atoms with van der Waals surface area (Å²) < 4.78 is 63.2. The summed E-state index contributed by atoms with van der Waals surface area (Å²) in [6.07, 6.45) is -4.08. The second-order valence-corrected chi connectivity index (χ2v) is 5.06. The molecule has 0 aromatic heterocycles. The SMILES string of the molecule is Fc1ccc(NC[C@H]2C[C@H](C(F)(F)F)C2)c(F)c1Cl. The van der Waals surface area contributed by atoms with Gasteiger partial charge in [-0.25, -0.2) is 8.78 Å². The molecule has 1 aliphatic rings. The molecular formula is C12H11ClF5N. The lowest BCUT2D eigenvalue weighted by Crippen LogP contribution is -2.38. The number of anilines is 1. The highest BCUT2D eigenvalue weighted by Gasteiger charge is 2.47. The number of nitrogens with one attached hydrogen (secondary N) is 1. The van der Waals surface area contributed by atoms with E-state index < -0.39 is 28.8 Å². The Balaban J connectivity index is 1.87. The maximum atomic E-state index is 13.5. The lowest BCUT2D eigenvalue weighted by atomic mass is 9.74. The zero-order valence-corrected chi connectivity index (χ0v) is 10.5. The smallest absolute Gasteiger partial charge is 0.382 e. The summed E-state index contributed by atoms with van der Waals surface area (Å²) >= 11 is 5.39. The van der Waals surface area contributed by atoms with E-state index in [1.165, 1.54) is 6.07 Å². The average Bonchev–Trinajstić information content (AvgIpc) is 2.25. The Hall–Kier alpha value is -1.04. The van der Waals surface area contributed by atoms with E-state index in [2.05, 4.69) is 5.32 Å². The molecule has 7 heteroatoms. The fourth-order valence-electron chi connectivity index (χ4n) is 2.09. The van der Waals surface area contributed by atoms with Crippen molar-refractivity contribution in [2.24, 2.45) is 11.8 Å². The molecule has 0 spiro atoms. The zero-order valence-electron chi connectivity index (χ0n) is 9.70. The standard InChI is InChI=1S/C12H11ClF5N/c13-10-8(14)1-2-9(11(10)15)19-5-6-3-7(4-6)12(16,17)18/h1-2,6-7,19H,3-5H2/t6-,7-. The number of hydrogen-bond acceptors (Lipinski definition) is 1. The molecule has 0 heterocycles. The van der Waals surface area contributed by atoms with Gasteiger partial charge in [0.05, 0.1) is 11.6 Å². The normalized spacial score (nSPS) is 23.1. The average molecular weight is 300 g/mol. The topological polar surface area (TPSA) is 12.0 Å². The van der Waals surface area contributed by atoms with Crippen LogP contribution in [0.5, 0.6) is 0 Å². The zero-order chi connectivity index (χ0) is 14.2. The number of benzene rings is 1. The van der Waals surface area contributed by atoms with Crippen molar-refractivity contribution in [3.63, 3.8) is 0 Å². The molecule has 19 heavy (non-hydrogen) atoms. The summed E-state index contributed by atoms with van der Waals surface area (Å²) in [4.78, 5) is 0. The number of halogens is 6. The Morgan fingerprint density at radius 1 is 1.21 bits per heavy atom. The molecule has 0 amide bonds. The largest absolute Gasteiger partial charge is 0.391 e. The molecule has 0 unspecified atom stereocenters. The third kappa shape index (κ3) is 3.11. The van der Waals surface area contributed by atoms with Gasteiger partial charge in [0.2, 0.25) is 0 Å². The van der Waals surface area contributed by atoms with E-state index in [0.29, 0.717) is 0 Å². The van der Waals surface area contributed by atoms with Gasteiger partial charge in [0.25, 0.3) is 0 Å². The Kier molecular flexibility index (Phi) is 3.90. The van der Waals surface area contributed by atoms with Crippen molar-refractivity contribution in [1.82, 2.24) is 0 Å². The number of alkyl halides is 3. The van der Waals surface area contributed by atoms with Gasteiger partial charge < -0.3 is 5.32 Å². The van der Waals surface area contributed by atoms with Crippen LogP contribution in [0.15, 0.2) is 12.1 Å². The molecule has 0 radical (unpaired) electrons. The first-order chi connectivity index (χ1) is 8.79. The van der Waals surface area contributed by atoms with Gasteiger partial charge in [-0.2, -0.15) is 13.2 Å². The Morgan fingerprint density at radius 2 is 1.84 bits per heavy atom. The molecule has 106 valence electrons. The van der Waals surface area contributed by atoms with Crippen molar-refractivity contribution >= 4 is 17.3 Å². The van der Waals surface area contributed by atoms with Crippen molar-refractivity contribution in [2.75, 3.05) is 11.9 Å². The molecule has 1 N–H and O–H groups in total. The van der Waals surface area contributed by atoms with Gasteiger partial charge >= 0.3 is 6.18 Å². The molecule has 0 bridgehead atoms. The van der Waals surface area contributed by atoms with E-state index in [1.54, 1.807) is 0 Å². The predicted molar refractivity (Wildman–Crippen MR) is 62.1 cm³/mol. The molecule has 1 fully saturated rings. The third-order valence-electron chi connectivity index (χ3n) is 3.31. The monoisotopic (exact) mass is 299 g/mol. The minimum Gasteiger partial charge on any atom is -0.382 e. The quantitative estimate of drug-likeness (QED) is 0.634. The highest BCUT2D eigenvalue weighted by Crippen LogP contribution is 2.44. The van der Waals surface area contributed by atoms with Crippen LogP contribution in [-0.2, 0) is 0 Å². The lowest BCUT2D eigenvalue weighted by Gasteiger charge is -2.36. The van der Waals surface area contributed by atoms with Crippen LogP contribution in [0, 0.1) is 23.5 Å². The van der Waals surface area contributed by atoms with Crippen molar-refractivity contribution < 1.29 is 22.0 Å². The van der Waals surface area contributed by atoms with Crippen LogP contribution in [0.2, 0.25) is 5.02 Å². The van der Waals surface area contributed by atoms with Gasteiger partial charge in [0.1, 0.15) is 10.8 Å². The Labute approximate surface area is 111 Å². The van der Waals surface area contributed by atoms with Crippen LogP contribution in [-0.4, -0.2) is 12.7 Å². The Morgan fingerprint density at radius 3 is 2.42 bits per heavy atom. The minimum absolute atomic E-state index is 0.00172. The van der Waals surface area contributed by atoms with Crippen LogP contribution in [0.25, 0.3) is 0 Å². The Bertz CT molecular complexity index is 468. The molecule has 1 aromatic carbocycles.